The fourth-order valence-electron chi connectivity index (χ4n) is 1.43. The highest BCUT2D eigenvalue weighted by molar-refractivity contribution is 7.99. The minimum Gasteiger partial charge on any atom is -0.344 e. The maximum Gasteiger partial charge on any atom is 0.246 e. The van der Waals surface area contributed by atoms with Crippen molar-refractivity contribution in [3.8, 4) is 0 Å². The number of nitrogens with zero attached hydrogens (tertiary/aromatic N) is 1. The molecule has 2 amide bonds. The van der Waals surface area contributed by atoms with Crippen molar-refractivity contribution in [2.45, 2.75) is 13.0 Å². The molecule has 0 aromatic rings. The first-order valence-corrected chi connectivity index (χ1v) is 6.68. The van der Waals surface area contributed by atoms with Gasteiger partial charge in [0.05, 0.1) is 0 Å². The van der Waals surface area contributed by atoms with E-state index in [-0.39, 0.29) is 11.8 Å². The fourth-order valence-corrected chi connectivity index (χ4v) is 2.59. The quantitative estimate of drug-likeness (QED) is 0.691. The molecule has 0 saturated carbocycles. The molecular formula is C9H16N2O2S2. The number of thioether (sulfide) groups is 1. The Bertz CT molecular complexity index is 242. The van der Waals surface area contributed by atoms with Gasteiger partial charge < -0.3 is 10.2 Å². The number of rotatable bonds is 3. The summed E-state index contributed by atoms with van der Waals surface area (Å²) in [6.45, 7) is 2.95. The summed E-state index contributed by atoms with van der Waals surface area (Å²) in [6, 6.07) is -0.478. The fraction of sp³-hybridized carbons (Fsp3) is 0.778. The molecule has 1 heterocycles. The lowest BCUT2D eigenvalue weighted by atomic mass is 10.2. The van der Waals surface area contributed by atoms with Gasteiger partial charge in [-0.3, -0.25) is 9.59 Å². The van der Waals surface area contributed by atoms with E-state index in [0.29, 0.717) is 5.75 Å². The van der Waals surface area contributed by atoms with Crippen molar-refractivity contribution in [3.63, 3.8) is 0 Å². The zero-order valence-corrected chi connectivity index (χ0v) is 10.4. The Kier molecular flexibility index (Phi) is 5.31. The van der Waals surface area contributed by atoms with Gasteiger partial charge in [-0.05, 0) is 0 Å². The van der Waals surface area contributed by atoms with Crippen LogP contribution in [0.5, 0.6) is 0 Å². The van der Waals surface area contributed by atoms with E-state index in [4.69, 9.17) is 0 Å². The van der Waals surface area contributed by atoms with Crippen LogP contribution in [0.1, 0.15) is 6.92 Å². The van der Waals surface area contributed by atoms with Crippen molar-refractivity contribution in [1.29, 1.82) is 0 Å². The minimum absolute atomic E-state index is 0.0134. The second-order valence-electron chi connectivity index (χ2n) is 3.37. The van der Waals surface area contributed by atoms with Crippen LogP contribution in [0.3, 0.4) is 0 Å². The smallest absolute Gasteiger partial charge is 0.246 e. The number of amides is 2. The SMILES string of the molecule is CC(=O)NC(CS)C(=O)N1CCSCC1. The summed E-state index contributed by atoms with van der Waals surface area (Å²) in [4.78, 5) is 24.6. The molecule has 6 heteroatoms. The molecule has 1 atom stereocenters. The second kappa shape index (κ2) is 6.27. The standard InChI is InChI=1S/C9H16N2O2S2/c1-7(12)10-8(6-14)9(13)11-2-4-15-5-3-11/h8,14H,2-6H2,1H3,(H,10,12). The average molecular weight is 248 g/mol. The molecular weight excluding hydrogens is 232 g/mol. The van der Waals surface area contributed by atoms with Crippen LogP contribution in [-0.2, 0) is 9.59 Å². The average Bonchev–Trinajstić information content (AvgIpc) is 2.26. The Morgan fingerprint density at radius 3 is 2.53 bits per heavy atom. The highest BCUT2D eigenvalue weighted by Gasteiger charge is 2.24. The van der Waals surface area contributed by atoms with Crippen molar-refractivity contribution >= 4 is 36.2 Å². The van der Waals surface area contributed by atoms with Crippen LogP contribution in [0, 0.1) is 0 Å². The van der Waals surface area contributed by atoms with E-state index in [9.17, 15) is 9.59 Å². The van der Waals surface area contributed by atoms with Gasteiger partial charge in [0, 0.05) is 37.3 Å². The molecule has 0 aromatic heterocycles. The van der Waals surface area contributed by atoms with Gasteiger partial charge in [-0.25, -0.2) is 0 Å². The Balaban J connectivity index is 2.50. The molecule has 0 aliphatic carbocycles. The summed E-state index contributed by atoms with van der Waals surface area (Å²) in [5.41, 5.74) is 0. The Morgan fingerprint density at radius 2 is 2.07 bits per heavy atom. The Labute approximate surface area is 99.6 Å². The van der Waals surface area contributed by atoms with Crippen LogP contribution in [0.15, 0.2) is 0 Å². The zero-order valence-electron chi connectivity index (χ0n) is 8.73. The molecule has 0 spiro atoms. The first kappa shape index (κ1) is 12.7. The molecule has 86 valence electrons. The van der Waals surface area contributed by atoms with Crippen LogP contribution >= 0.6 is 24.4 Å². The summed E-state index contributed by atoms with van der Waals surface area (Å²) in [5, 5.41) is 2.61. The van der Waals surface area contributed by atoms with Gasteiger partial charge >= 0.3 is 0 Å². The lowest BCUT2D eigenvalue weighted by molar-refractivity contribution is -0.135. The molecule has 4 nitrogen and oxygen atoms in total. The largest absolute Gasteiger partial charge is 0.344 e. The third kappa shape index (κ3) is 3.95. The van der Waals surface area contributed by atoms with E-state index in [1.165, 1.54) is 6.92 Å². The molecule has 15 heavy (non-hydrogen) atoms. The van der Waals surface area contributed by atoms with Gasteiger partial charge in [-0.2, -0.15) is 24.4 Å². The summed E-state index contributed by atoms with van der Waals surface area (Å²) in [6.07, 6.45) is 0. The van der Waals surface area contributed by atoms with E-state index >= 15 is 0 Å². The van der Waals surface area contributed by atoms with Crippen LogP contribution < -0.4 is 5.32 Å². The molecule has 1 rings (SSSR count). The van der Waals surface area contributed by atoms with Crippen molar-refractivity contribution in [2.75, 3.05) is 30.3 Å². The number of carbonyl (C=O) groups is 2. The third-order valence-corrected chi connectivity index (χ3v) is 3.49. The number of nitrogens with one attached hydrogen (secondary N) is 1. The first-order chi connectivity index (χ1) is 7.15. The Morgan fingerprint density at radius 1 is 1.47 bits per heavy atom. The van der Waals surface area contributed by atoms with Crippen LogP contribution in [-0.4, -0.2) is 53.1 Å². The minimum atomic E-state index is -0.478. The van der Waals surface area contributed by atoms with E-state index < -0.39 is 6.04 Å². The topological polar surface area (TPSA) is 49.4 Å². The lowest BCUT2D eigenvalue weighted by Gasteiger charge is -2.29. The lowest BCUT2D eigenvalue weighted by Crippen LogP contribution is -2.51. The van der Waals surface area contributed by atoms with Gasteiger partial charge in [0.1, 0.15) is 6.04 Å². The van der Waals surface area contributed by atoms with Crippen LogP contribution in [0.4, 0.5) is 0 Å². The number of thiol groups is 1. The van der Waals surface area contributed by atoms with Gasteiger partial charge in [0.25, 0.3) is 0 Å². The number of hydrogen-bond donors (Lipinski definition) is 2. The first-order valence-electron chi connectivity index (χ1n) is 4.89. The summed E-state index contributed by atoms with van der Waals surface area (Å²) >= 11 is 5.93. The molecule has 0 bridgehead atoms. The van der Waals surface area contributed by atoms with Gasteiger partial charge in [0.15, 0.2) is 0 Å². The third-order valence-electron chi connectivity index (χ3n) is 2.18. The summed E-state index contributed by atoms with van der Waals surface area (Å²) in [7, 11) is 0. The van der Waals surface area contributed by atoms with E-state index in [2.05, 4.69) is 17.9 Å². The highest BCUT2D eigenvalue weighted by Crippen LogP contribution is 2.10. The van der Waals surface area contributed by atoms with E-state index in [0.717, 1.165) is 24.6 Å². The molecule has 1 aliphatic heterocycles. The molecule has 1 unspecified atom stereocenters. The summed E-state index contributed by atoms with van der Waals surface area (Å²) < 4.78 is 0. The highest BCUT2D eigenvalue weighted by atomic mass is 32.2. The van der Waals surface area contributed by atoms with Crippen molar-refractivity contribution in [3.05, 3.63) is 0 Å². The van der Waals surface area contributed by atoms with E-state index in [1.54, 1.807) is 4.90 Å². The maximum atomic E-state index is 11.9. The van der Waals surface area contributed by atoms with Crippen molar-refractivity contribution in [2.24, 2.45) is 0 Å². The molecule has 0 radical (unpaired) electrons. The monoisotopic (exact) mass is 248 g/mol. The van der Waals surface area contributed by atoms with Gasteiger partial charge in [-0.1, -0.05) is 0 Å². The predicted octanol–water partition coefficient (Wildman–Crippen LogP) is -0.00370. The summed E-state index contributed by atoms with van der Waals surface area (Å²) in [5.74, 6) is 2.10. The maximum absolute atomic E-state index is 11.9. The predicted molar refractivity (Wildman–Crippen MR) is 65.4 cm³/mol. The van der Waals surface area contributed by atoms with Crippen molar-refractivity contribution < 1.29 is 9.59 Å². The van der Waals surface area contributed by atoms with Gasteiger partial charge in [0.2, 0.25) is 11.8 Å². The second-order valence-corrected chi connectivity index (χ2v) is 4.96. The number of hydrogen-bond acceptors (Lipinski definition) is 4. The number of carbonyl (C=O) groups excluding carboxylic acids is 2. The van der Waals surface area contributed by atoms with Crippen LogP contribution in [0.2, 0.25) is 0 Å². The Hall–Kier alpha value is -0.360. The molecule has 1 N–H and O–H groups in total. The van der Waals surface area contributed by atoms with Crippen LogP contribution in [0.25, 0.3) is 0 Å². The zero-order chi connectivity index (χ0) is 11.3. The molecule has 1 saturated heterocycles. The van der Waals surface area contributed by atoms with Crippen molar-refractivity contribution in [1.82, 2.24) is 10.2 Å². The molecule has 1 fully saturated rings. The van der Waals surface area contributed by atoms with Gasteiger partial charge in [-0.15, -0.1) is 0 Å². The molecule has 0 aromatic carbocycles. The normalized spacial score (nSPS) is 18.4. The molecule has 1 aliphatic rings. The van der Waals surface area contributed by atoms with E-state index in [1.807, 2.05) is 11.8 Å².